The van der Waals surface area contributed by atoms with Crippen LogP contribution in [0.15, 0.2) is 23.7 Å². The molecule has 0 aromatic carbocycles. The number of cyclic esters (lactones) is 2. The van der Waals surface area contributed by atoms with Gasteiger partial charge in [0.2, 0.25) is 0 Å². The Morgan fingerprint density at radius 3 is 1.32 bits per heavy atom. The number of ketones is 2. The number of allylic oxidation sites excluding steroid dienone is 2. The first-order valence-electron chi connectivity index (χ1n) is 7.21. The number of aliphatic hydroxyl groups excluding tert-OH is 2. The molecule has 0 radical (unpaired) electrons. The zero-order chi connectivity index (χ0) is 18.6. The Morgan fingerprint density at radius 1 is 0.840 bits per heavy atom. The second-order valence-corrected chi connectivity index (χ2v) is 5.55. The van der Waals surface area contributed by atoms with Crippen LogP contribution in [0.25, 0.3) is 0 Å². The van der Waals surface area contributed by atoms with E-state index in [4.69, 9.17) is 0 Å². The van der Waals surface area contributed by atoms with Gasteiger partial charge >= 0.3 is 11.9 Å². The predicted molar refractivity (Wildman–Crippen MR) is 80.1 cm³/mol. The summed E-state index contributed by atoms with van der Waals surface area (Å²) < 4.78 is 9.34. The van der Waals surface area contributed by atoms with Crippen LogP contribution < -0.4 is 0 Å². The molecule has 2 rings (SSSR count). The van der Waals surface area contributed by atoms with Crippen molar-refractivity contribution in [2.24, 2.45) is 11.8 Å². The van der Waals surface area contributed by atoms with Crippen LogP contribution in [0.1, 0.15) is 27.7 Å². The van der Waals surface area contributed by atoms with E-state index in [1.54, 1.807) is 13.8 Å². The fraction of sp³-hybridized carbons (Fsp3) is 0.500. The van der Waals surface area contributed by atoms with E-state index in [2.05, 4.69) is 9.47 Å². The van der Waals surface area contributed by atoms with E-state index < -0.39 is 36.0 Å². The molecule has 0 spiro atoms. The second-order valence-electron chi connectivity index (χ2n) is 5.55. The molecule has 25 heavy (non-hydrogen) atoms. The van der Waals surface area contributed by atoms with Crippen LogP contribution in [-0.4, -0.2) is 45.9 Å². The Bertz CT molecular complexity index is 568. The van der Waals surface area contributed by atoms with Crippen molar-refractivity contribution in [3.8, 4) is 0 Å². The zero-order valence-corrected chi connectivity index (χ0v) is 17.5. The standard InChI is InChI=1S/2C8H10O4.Zn/c2*1-4-3-6(10)7(5(2)9)8(11)12-4;/h2*3,6-7,10H,1-2H3;. The Labute approximate surface area is 157 Å². The molecule has 0 aromatic heterocycles. The maximum Gasteiger partial charge on any atom is 0.324 e. The van der Waals surface area contributed by atoms with Gasteiger partial charge in [0.25, 0.3) is 0 Å². The summed E-state index contributed by atoms with van der Waals surface area (Å²) in [5, 5.41) is 18.6. The first kappa shape index (κ1) is 23.3. The van der Waals surface area contributed by atoms with E-state index in [-0.39, 0.29) is 31.0 Å². The molecule has 0 amide bonds. The van der Waals surface area contributed by atoms with Crippen molar-refractivity contribution in [3.05, 3.63) is 23.7 Å². The van der Waals surface area contributed by atoms with Crippen molar-refractivity contribution >= 4 is 23.5 Å². The Balaban J connectivity index is 0.000000443. The van der Waals surface area contributed by atoms with Crippen LogP contribution in [0.3, 0.4) is 0 Å². The Kier molecular flexibility index (Phi) is 9.04. The average molecular weight is 406 g/mol. The topological polar surface area (TPSA) is 127 Å². The van der Waals surface area contributed by atoms with Gasteiger partial charge < -0.3 is 19.7 Å². The molecule has 0 saturated heterocycles. The summed E-state index contributed by atoms with van der Waals surface area (Å²) >= 11 is 0. The molecule has 2 heterocycles. The molecule has 0 bridgehead atoms. The van der Waals surface area contributed by atoms with E-state index in [0.29, 0.717) is 11.5 Å². The third kappa shape index (κ3) is 6.27. The molecule has 0 saturated carbocycles. The third-order valence-corrected chi connectivity index (χ3v) is 3.40. The SMILES string of the molecule is CC(=O)C1C(=O)OC(C)=CC1O.CC(=O)C1C(=O)OC(C)=CC1O.[Zn]. The molecule has 0 aromatic rings. The minimum Gasteiger partial charge on any atom is -0.431 e. The number of ether oxygens (including phenoxy) is 2. The molecule has 134 valence electrons. The van der Waals surface area contributed by atoms with Gasteiger partial charge in [-0.2, -0.15) is 0 Å². The van der Waals surface area contributed by atoms with Crippen molar-refractivity contribution in [3.63, 3.8) is 0 Å². The molecule has 2 aliphatic heterocycles. The quantitative estimate of drug-likeness (QED) is 0.374. The van der Waals surface area contributed by atoms with Crippen molar-refractivity contribution < 1.29 is 58.3 Å². The van der Waals surface area contributed by atoms with Gasteiger partial charge in [-0.25, -0.2) is 0 Å². The van der Waals surface area contributed by atoms with Gasteiger partial charge in [0.05, 0.1) is 12.2 Å². The smallest absolute Gasteiger partial charge is 0.324 e. The summed E-state index contributed by atoms with van der Waals surface area (Å²) in [5.74, 6) is -3.52. The minimum atomic E-state index is -1.05. The maximum absolute atomic E-state index is 11.0. The van der Waals surface area contributed by atoms with Gasteiger partial charge in [0.1, 0.15) is 34.9 Å². The molecule has 8 nitrogen and oxygen atoms in total. The van der Waals surface area contributed by atoms with E-state index >= 15 is 0 Å². The van der Waals surface area contributed by atoms with E-state index in [1.165, 1.54) is 26.0 Å². The molecule has 0 aliphatic carbocycles. The summed E-state index contributed by atoms with van der Waals surface area (Å²) in [4.78, 5) is 43.7. The fourth-order valence-corrected chi connectivity index (χ4v) is 2.28. The summed E-state index contributed by atoms with van der Waals surface area (Å²) in [6.07, 6.45) is 0.633. The summed E-state index contributed by atoms with van der Waals surface area (Å²) in [6.45, 7) is 5.61. The van der Waals surface area contributed by atoms with Crippen molar-refractivity contribution in [2.45, 2.75) is 39.9 Å². The second kappa shape index (κ2) is 9.70. The Morgan fingerprint density at radius 2 is 1.12 bits per heavy atom. The number of Topliss-reactive ketones (excluding diaryl/α,β-unsaturated/α-hetero) is 2. The van der Waals surface area contributed by atoms with Crippen LogP contribution in [-0.2, 0) is 48.1 Å². The van der Waals surface area contributed by atoms with E-state index in [0.717, 1.165) is 0 Å². The number of esters is 2. The van der Waals surface area contributed by atoms with E-state index in [9.17, 15) is 29.4 Å². The minimum absolute atomic E-state index is 0. The largest absolute Gasteiger partial charge is 0.431 e. The van der Waals surface area contributed by atoms with E-state index in [1.807, 2.05) is 0 Å². The van der Waals surface area contributed by atoms with Crippen molar-refractivity contribution in [2.75, 3.05) is 0 Å². The number of hydrogen-bond donors (Lipinski definition) is 2. The molecule has 0 fully saturated rings. The number of carbonyl (C=O) groups is 4. The first-order valence-corrected chi connectivity index (χ1v) is 7.21. The van der Waals surface area contributed by atoms with Gasteiger partial charge in [-0.15, -0.1) is 0 Å². The van der Waals surface area contributed by atoms with Crippen LogP contribution in [0.5, 0.6) is 0 Å². The van der Waals surface area contributed by atoms with Gasteiger partial charge in [0, 0.05) is 19.5 Å². The van der Waals surface area contributed by atoms with Gasteiger partial charge in [-0.3, -0.25) is 19.2 Å². The number of carbonyl (C=O) groups excluding carboxylic acids is 4. The molecular weight excluding hydrogens is 386 g/mol. The molecule has 4 unspecified atom stereocenters. The zero-order valence-electron chi connectivity index (χ0n) is 14.5. The predicted octanol–water partition coefficient (Wildman–Crippen LogP) is 0.0237. The van der Waals surface area contributed by atoms with Gasteiger partial charge in [0.15, 0.2) is 0 Å². The fourth-order valence-electron chi connectivity index (χ4n) is 2.28. The molecular formula is C16H20O8Zn. The third-order valence-electron chi connectivity index (χ3n) is 3.40. The average Bonchev–Trinajstić information content (AvgIpc) is 2.35. The van der Waals surface area contributed by atoms with Gasteiger partial charge in [-0.05, 0) is 39.8 Å². The van der Waals surface area contributed by atoms with Crippen LogP contribution in [0, 0.1) is 11.8 Å². The Hall–Kier alpha value is -1.70. The number of rotatable bonds is 2. The van der Waals surface area contributed by atoms with Crippen LogP contribution >= 0.6 is 0 Å². The first-order chi connectivity index (χ1) is 11.0. The monoisotopic (exact) mass is 404 g/mol. The summed E-state index contributed by atoms with van der Waals surface area (Å²) in [5.41, 5.74) is 0. The van der Waals surface area contributed by atoms with Crippen LogP contribution in [0.4, 0.5) is 0 Å². The molecule has 9 heteroatoms. The maximum atomic E-state index is 11.0. The van der Waals surface area contributed by atoms with Crippen molar-refractivity contribution in [1.82, 2.24) is 0 Å². The van der Waals surface area contributed by atoms with Crippen LogP contribution in [0.2, 0.25) is 0 Å². The number of aliphatic hydroxyl groups is 2. The molecule has 2 aliphatic rings. The molecule has 2 N–H and O–H groups in total. The summed E-state index contributed by atoms with van der Waals surface area (Å²) in [7, 11) is 0. The van der Waals surface area contributed by atoms with Gasteiger partial charge in [-0.1, -0.05) is 0 Å². The normalized spacial score (nSPS) is 28.1. The van der Waals surface area contributed by atoms with Crippen molar-refractivity contribution in [1.29, 1.82) is 0 Å². The number of hydrogen-bond acceptors (Lipinski definition) is 8. The molecule has 4 atom stereocenters. The summed E-state index contributed by atoms with van der Waals surface area (Å²) in [6, 6.07) is 0.